The Balaban J connectivity index is 2.80. The normalized spacial score (nSPS) is 11.8. The maximum Gasteiger partial charge on any atom is 0.166 e. The zero-order valence-electron chi connectivity index (χ0n) is 5.70. The van der Waals surface area contributed by atoms with Crippen molar-refractivity contribution in [1.29, 1.82) is 0 Å². The molecule has 0 aliphatic carbocycles. The molecule has 0 aliphatic heterocycles. The molecule has 4 nitrogen and oxygen atoms in total. The summed E-state index contributed by atoms with van der Waals surface area (Å²) < 4.78 is 1.80. The van der Waals surface area contributed by atoms with Crippen LogP contribution >= 0.6 is 40.0 Å². The SMILES string of the molecule is Clc1ncnc2c1cnn2PI. The highest BCUT2D eigenvalue weighted by atomic mass is 127. The van der Waals surface area contributed by atoms with Crippen LogP contribution in [-0.2, 0) is 0 Å². The molecule has 0 saturated carbocycles. The molecule has 0 N–H and O–H groups in total. The Hall–Kier alpha value is 0. The summed E-state index contributed by atoms with van der Waals surface area (Å²) in [6.07, 6.45) is 3.66. The predicted octanol–water partition coefficient (Wildman–Crippen LogP) is 2.27. The average molecular weight is 312 g/mol. The summed E-state index contributed by atoms with van der Waals surface area (Å²) in [5.41, 5.74) is 0.794. The van der Waals surface area contributed by atoms with Crippen molar-refractivity contribution < 1.29 is 0 Å². The predicted molar refractivity (Wildman–Crippen MR) is 58.1 cm³/mol. The molecule has 0 aromatic carbocycles. The molecule has 0 bridgehead atoms. The van der Waals surface area contributed by atoms with Gasteiger partial charge >= 0.3 is 0 Å². The first-order chi connectivity index (χ1) is 5.83. The van der Waals surface area contributed by atoms with E-state index in [2.05, 4.69) is 37.1 Å². The molecule has 2 aromatic heterocycles. The molecule has 0 spiro atoms. The summed E-state index contributed by atoms with van der Waals surface area (Å²) in [5, 5.41) is 5.38. The van der Waals surface area contributed by atoms with E-state index in [0.717, 1.165) is 11.0 Å². The van der Waals surface area contributed by atoms with Crippen molar-refractivity contribution in [3.63, 3.8) is 0 Å². The minimum atomic E-state index is 0.459. The van der Waals surface area contributed by atoms with Gasteiger partial charge in [-0.25, -0.2) is 14.4 Å². The van der Waals surface area contributed by atoms with Gasteiger partial charge in [-0.05, 0) is 22.0 Å². The molecule has 62 valence electrons. The second-order valence-electron chi connectivity index (χ2n) is 2.04. The summed E-state index contributed by atoms with van der Waals surface area (Å²) in [4.78, 5) is 7.94. The van der Waals surface area contributed by atoms with E-state index in [4.69, 9.17) is 11.6 Å². The highest BCUT2D eigenvalue weighted by molar-refractivity contribution is 14.2. The van der Waals surface area contributed by atoms with E-state index in [0.29, 0.717) is 11.5 Å². The fraction of sp³-hybridized carbons (Fsp3) is 0. The zero-order valence-corrected chi connectivity index (χ0v) is 9.61. The molecule has 2 aromatic rings. The van der Waals surface area contributed by atoms with Gasteiger partial charge in [0, 0.05) is 0 Å². The van der Waals surface area contributed by atoms with Crippen LogP contribution in [0.25, 0.3) is 11.0 Å². The molecule has 7 heteroatoms. The summed E-state index contributed by atoms with van der Waals surface area (Å²) >= 11 is 8.06. The van der Waals surface area contributed by atoms with E-state index in [-0.39, 0.29) is 0 Å². The Bertz CT molecular complexity index is 417. The number of rotatable bonds is 1. The van der Waals surface area contributed by atoms with Crippen LogP contribution in [0, 0.1) is 0 Å². The lowest BCUT2D eigenvalue weighted by atomic mass is 10.4. The Morgan fingerprint density at radius 1 is 1.50 bits per heavy atom. The molecule has 0 saturated heterocycles. The summed E-state index contributed by atoms with van der Waals surface area (Å²) in [5.74, 6) is 0. The molecule has 1 atom stereocenters. The first-order valence-electron chi connectivity index (χ1n) is 3.04. The Morgan fingerprint density at radius 3 is 3.08 bits per heavy atom. The van der Waals surface area contributed by atoms with Crippen molar-refractivity contribution in [2.45, 2.75) is 0 Å². The molecule has 0 amide bonds. The molecular formula is C5H3ClIN4P. The van der Waals surface area contributed by atoms with Crippen LogP contribution in [0.1, 0.15) is 0 Å². The number of hydrogen-bond donors (Lipinski definition) is 0. The van der Waals surface area contributed by atoms with E-state index < -0.39 is 0 Å². The molecule has 0 aliphatic rings. The zero-order chi connectivity index (χ0) is 8.55. The number of nitrogens with zero attached hydrogens (tertiary/aromatic N) is 4. The van der Waals surface area contributed by atoms with Crippen molar-refractivity contribution in [2.24, 2.45) is 0 Å². The molecule has 2 rings (SSSR count). The molecule has 12 heavy (non-hydrogen) atoms. The van der Waals surface area contributed by atoms with Crippen LogP contribution in [0.4, 0.5) is 0 Å². The average Bonchev–Trinajstić information content (AvgIpc) is 2.49. The highest BCUT2D eigenvalue weighted by Crippen LogP contribution is 2.28. The lowest BCUT2D eigenvalue weighted by Gasteiger charge is -1.94. The van der Waals surface area contributed by atoms with Gasteiger partial charge in [0.25, 0.3) is 0 Å². The van der Waals surface area contributed by atoms with Crippen molar-refractivity contribution in [1.82, 2.24) is 19.5 Å². The second-order valence-corrected chi connectivity index (χ2v) is 4.44. The number of halogens is 2. The van der Waals surface area contributed by atoms with Crippen molar-refractivity contribution >= 4 is 51.0 Å². The Labute approximate surface area is 88.0 Å². The van der Waals surface area contributed by atoms with E-state index in [1.54, 1.807) is 10.6 Å². The van der Waals surface area contributed by atoms with Gasteiger partial charge in [0.15, 0.2) is 5.65 Å². The third kappa shape index (κ3) is 1.30. The van der Waals surface area contributed by atoms with Gasteiger partial charge in [0.1, 0.15) is 11.5 Å². The highest BCUT2D eigenvalue weighted by Gasteiger charge is 2.06. The fourth-order valence-electron chi connectivity index (χ4n) is 0.877. The quantitative estimate of drug-likeness (QED) is 0.461. The van der Waals surface area contributed by atoms with Crippen LogP contribution in [0.2, 0.25) is 5.15 Å². The largest absolute Gasteiger partial charge is 0.224 e. The van der Waals surface area contributed by atoms with Crippen LogP contribution in [0.3, 0.4) is 0 Å². The molecule has 0 radical (unpaired) electrons. The van der Waals surface area contributed by atoms with Crippen molar-refractivity contribution in [2.75, 3.05) is 0 Å². The van der Waals surface area contributed by atoms with Gasteiger partial charge in [0.05, 0.1) is 18.0 Å². The summed E-state index contributed by atoms with van der Waals surface area (Å²) in [7, 11) is 0. The van der Waals surface area contributed by atoms with E-state index in [1.165, 1.54) is 6.33 Å². The van der Waals surface area contributed by atoms with Gasteiger partial charge in [-0.15, -0.1) is 0 Å². The van der Waals surface area contributed by atoms with Gasteiger partial charge < -0.3 is 0 Å². The third-order valence-electron chi connectivity index (χ3n) is 1.40. The van der Waals surface area contributed by atoms with E-state index >= 15 is 0 Å². The van der Waals surface area contributed by atoms with Gasteiger partial charge in [-0.1, -0.05) is 11.6 Å². The number of hydrogen-bond acceptors (Lipinski definition) is 3. The maximum absolute atomic E-state index is 5.82. The standard InChI is InChI=1S/C5H3ClIN4P/c6-4-3-1-10-11(12-7)5(3)9-2-8-4/h1-2,12H. The number of fused-ring (bicyclic) bond motifs is 1. The van der Waals surface area contributed by atoms with E-state index in [9.17, 15) is 0 Å². The van der Waals surface area contributed by atoms with Crippen molar-refractivity contribution in [3.8, 4) is 0 Å². The molecule has 0 fully saturated rings. The second kappa shape index (κ2) is 3.40. The smallest absolute Gasteiger partial charge is 0.166 e. The van der Waals surface area contributed by atoms with Crippen LogP contribution < -0.4 is 0 Å². The molecule has 1 unspecified atom stereocenters. The Kier molecular flexibility index (Phi) is 2.43. The minimum absolute atomic E-state index is 0.459. The summed E-state index contributed by atoms with van der Waals surface area (Å²) in [6.45, 7) is 0. The first kappa shape index (κ1) is 8.59. The monoisotopic (exact) mass is 312 g/mol. The third-order valence-corrected chi connectivity index (χ3v) is 3.56. The first-order valence-corrected chi connectivity index (χ1v) is 7.48. The fourth-order valence-corrected chi connectivity index (χ4v) is 2.47. The minimum Gasteiger partial charge on any atom is -0.224 e. The number of aromatic nitrogens is 4. The maximum atomic E-state index is 5.82. The summed E-state index contributed by atoms with van der Waals surface area (Å²) in [6, 6.07) is 0. The van der Waals surface area contributed by atoms with Crippen molar-refractivity contribution in [3.05, 3.63) is 17.7 Å². The van der Waals surface area contributed by atoms with E-state index in [1.807, 2.05) is 0 Å². The topological polar surface area (TPSA) is 43.6 Å². The van der Waals surface area contributed by atoms with Gasteiger partial charge in [-0.3, -0.25) is 0 Å². The lowest BCUT2D eigenvalue weighted by molar-refractivity contribution is 1.02. The van der Waals surface area contributed by atoms with Crippen LogP contribution in [0.15, 0.2) is 12.5 Å². The molecular weight excluding hydrogens is 309 g/mol. The Morgan fingerprint density at radius 2 is 2.33 bits per heavy atom. The van der Waals surface area contributed by atoms with Crippen LogP contribution in [0.5, 0.6) is 0 Å². The lowest BCUT2D eigenvalue weighted by Crippen LogP contribution is -1.86. The van der Waals surface area contributed by atoms with Crippen LogP contribution in [-0.4, -0.2) is 19.5 Å². The van der Waals surface area contributed by atoms with Gasteiger partial charge in [-0.2, -0.15) is 5.10 Å². The molecule has 2 heterocycles. The van der Waals surface area contributed by atoms with Gasteiger partial charge in [0.2, 0.25) is 0 Å².